The molecule has 1 amide bonds. The Labute approximate surface area is 157 Å². The predicted molar refractivity (Wildman–Crippen MR) is 105 cm³/mol. The van der Waals surface area contributed by atoms with Crippen LogP contribution in [0.2, 0.25) is 0 Å². The van der Waals surface area contributed by atoms with Crippen LogP contribution in [-0.4, -0.2) is 43.3 Å². The average Bonchev–Trinajstić information content (AvgIpc) is 3.32. The Morgan fingerprint density at radius 2 is 2.04 bits per heavy atom. The van der Waals surface area contributed by atoms with Gasteiger partial charge in [-0.3, -0.25) is 14.2 Å². The number of hydrogen-bond donors (Lipinski definition) is 0. The molecular weight excluding hydrogens is 338 g/mol. The Kier molecular flexibility index (Phi) is 4.46. The summed E-state index contributed by atoms with van der Waals surface area (Å²) in [5.74, 6) is 0.700. The fraction of sp³-hybridized carbons (Fsp3) is 0.190. The Morgan fingerprint density at radius 3 is 2.81 bits per heavy atom. The standard InChI is InChI=1S/C21H21N5O/c1-3-24(2)21(27)19-18-8-4-5-11-26(18)20(23-19)17-9-12-25(15-17)14-16-7-6-10-22-13-16/h4-13,15H,3,14H2,1-2H3. The van der Waals surface area contributed by atoms with Gasteiger partial charge in [0.1, 0.15) is 5.82 Å². The fourth-order valence-electron chi connectivity index (χ4n) is 3.10. The zero-order valence-electron chi connectivity index (χ0n) is 15.4. The van der Waals surface area contributed by atoms with Gasteiger partial charge in [-0.2, -0.15) is 0 Å². The van der Waals surface area contributed by atoms with Gasteiger partial charge in [-0.25, -0.2) is 4.98 Å². The molecule has 0 fully saturated rings. The summed E-state index contributed by atoms with van der Waals surface area (Å²) in [7, 11) is 1.79. The summed E-state index contributed by atoms with van der Waals surface area (Å²) in [5.41, 5.74) is 3.40. The largest absolute Gasteiger partial charge is 0.349 e. The number of fused-ring (bicyclic) bond motifs is 1. The van der Waals surface area contributed by atoms with E-state index in [1.807, 2.05) is 66.4 Å². The molecule has 0 aliphatic heterocycles. The molecule has 0 spiro atoms. The molecule has 0 saturated carbocycles. The van der Waals surface area contributed by atoms with E-state index in [1.54, 1.807) is 18.1 Å². The number of hydrogen-bond acceptors (Lipinski definition) is 3. The highest BCUT2D eigenvalue weighted by molar-refractivity contribution is 5.99. The Bertz CT molecular complexity index is 1080. The first-order chi connectivity index (χ1) is 13.2. The molecule has 0 radical (unpaired) electrons. The number of aromatic nitrogens is 4. The molecule has 0 aliphatic rings. The highest BCUT2D eigenvalue weighted by atomic mass is 16.2. The molecule has 4 rings (SSSR count). The zero-order chi connectivity index (χ0) is 18.8. The maximum atomic E-state index is 12.7. The third kappa shape index (κ3) is 3.21. The number of carbonyl (C=O) groups excluding carboxylic acids is 1. The van der Waals surface area contributed by atoms with Crippen molar-refractivity contribution in [3.63, 3.8) is 0 Å². The number of amides is 1. The molecule has 136 valence electrons. The van der Waals surface area contributed by atoms with Crippen molar-refractivity contribution in [1.82, 2.24) is 23.8 Å². The lowest BCUT2D eigenvalue weighted by atomic mass is 10.3. The van der Waals surface area contributed by atoms with Crippen molar-refractivity contribution in [2.45, 2.75) is 13.5 Å². The van der Waals surface area contributed by atoms with Crippen LogP contribution >= 0.6 is 0 Å². The molecule has 4 aromatic rings. The van der Waals surface area contributed by atoms with Crippen LogP contribution in [0, 0.1) is 0 Å². The number of pyridine rings is 2. The van der Waals surface area contributed by atoms with Gasteiger partial charge in [0, 0.05) is 56.7 Å². The van der Waals surface area contributed by atoms with Gasteiger partial charge in [0.05, 0.1) is 5.52 Å². The molecule has 6 nitrogen and oxygen atoms in total. The number of rotatable bonds is 5. The summed E-state index contributed by atoms with van der Waals surface area (Å²) in [5, 5.41) is 0. The van der Waals surface area contributed by atoms with Gasteiger partial charge in [-0.1, -0.05) is 12.1 Å². The average molecular weight is 359 g/mol. The minimum atomic E-state index is -0.0674. The summed E-state index contributed by atoms with van der Waals surface area (Å²) in [6.45, 7) is 3.33. The van der Waals surface area contributed by atoms with Gasteiger partial charge in [0.15, 0.2) is 5.69 Å². The van der Waals surface area contributed by atoms with Crippen LogP contribution < -0.4 is 0 Å². The Balaban J connectivity index is 1.73. The highest BCUT2D eigenvalue weighted by Gasteiger charge is 2.20. The van der Waals surface area contributed by atoms with Crippen molar-refractivity contribution in [2.75, 3.05) is 13.6 Å². The number of carbonyl (C=O) groups is 1. The van der Waals surface area contributed by atoms with Gasteiger partial charge < -0.3 is 9.47 Å². The van der Waals surface area contributed by atoms with E-state index in [0.29, 0.717) is 12.2 Å². The van der Waals surface area contributed by atoms with E-state index in [1.165, 1.54) is 0 Å². The summed E-state index contributed by atoms with van der Waals surface area (Å²) in [6.07, 6.45) is 9.65. The Hall–Kier alpha value is -3.41. The van der Waals surface area contributed by atoms with Crippen molar-refractivity contribution < 1.29 is 4.79 Å². The summed E-state index contributed by atoms with van der Waals surface area (Å²) >= 11 is 0. The normalized spacial score (nSPS) is 11.0. The highest BCUT2D eigenvalue weighted by Crippen LogP contribution is 2.24. The second-order valence-electron chi connectivity index (χ2n) is 6.49. The first-order valence-corrected chi connectivity index (χ1v) is 8.95. The lowest BCUT2D eigenvalue weighted by Crippen LogP contribution is -2.26. The molecule has 0 atom stereocenters. The third-order valence-electron chi connectivity index (χ3n) is 4.67. The molecule has 4 heterocycles. The van der Waals surface area contributed by atoms with E-state index in [-0.39, 0.29) is 5.91 Å². The predicted octanol–water partition coefficient (Wildman–Crippen LogP) is 3.34. The van der Waals surface area contributed by atoms with E-state index >= 15 is 0 Å². The second kappa shape index (κ2) is 7.07. The van der Waals surface area contributed by atoms with E-state index in [0.717, 1.165) is 29.0 Å². The minimum Gasteiger partial charge on any atom is -0.349 e. The van der Waals surface area contributed by atoms with E-state index in [2.05, 4.69) is 15.6 Å². The van der Waals surface area contributed by atoms with Crippen LogP contribution in [0.1, 0.15) is 23.0 Å². The van der Waals surface area contributed by atoms with Gasteiger partial charge in [0.2, 0.25) is 0 Å². The molecule has 27 heavy (non-hydrogen) atoms. The van der Waals surface area contributed by atoms with Gasteiger partial charge >= 0.3 is 0 Å². The van der Waals surface area contributed by atoms with E-state index < -0.39 is 0 Å². The molecular formula is C21H21N5O. The quantitative estimate of drug-likeness (QED) is 0.549. The fourth-order valence-corrected chi connectivity index (χ4v) is 3.10. The SMILES string of the molecule is CCN(C)C(=O)c1nc(-c2ccn(Cc3cccnc3)c2)n2ccccc12. The molecule has 0 bridgehead atoms. The summed E-state index contributed by atoms with van der Waals surface area (Å²) in [6, 6.07) is 11.8. The van der Waals surface area contributed by atoms with Crippen molar-refractivity contribution in [3.05, 3.63) is 78.6 Å². The van der Waals surface area contributed by atoms with Crippen LogP contribution in [-0.2, 0) is 6.54 Å². The van der Waals surface area contributed by atoms with Crippen molar-refractivity contribution in [2.24, 2.45) is 0 Å². The molecule has 4 aromatic heterocycles. The first-order valence-electron chi connectivity index (χ1n) is 8.95. The third-order valence-corrected chi connectivity index (χ3v) is 4.67. The number of imidazole rings is 1. The molecule has 0 N–H and O–H groups in total. The molecule has 0 unspecified atom stereocenters. The lowest BCUT2D eigenvalue weighted by molar-refractivity contribution is 0.0799. The smallest absolute Gasteiger partial charge is 0.274 e. The van der Waals surface area contributed by atoms with E-state index in [9.17, 15) is 4.79 Å². The van der Waals surface area contributed by atoms with Crippen LogP contribution in [0.3, 0.4) is 0 Å². The minimum absolute atomic E-state index is 0.0674. The maximum absolute atomic E-state index is 12.7. The topological polar surface area (TPSA) is 55.4 Å². The zero-order valence-corrected chi connectivity index (χ0v) is 15.4. The molecule has 0 saturated heterocycles. The lowest BCUT2D eigenvalue weighted by Gasteiger charge is -2.12. The maximum Gasteiger partial charge on any atom is 0.274 e. The molecule has 0 aromatic carbocycles. The van der Waals surface area contributed by atoms with Crippen LogP contribution in [0.5, 0.6) is 0 Å². The van der Waals surface area contributed by atoms with Crippen molar-refractivity contribution in [3.8, 4) is 11.4 Å². The van der Waals surface area contributed by atoms with Crippen molar-refractivity contribution >= 4 is 11.4 Å². The number of nitrogens with zero attached hydrogens (tertiary/aromatic N) is 5. The second-order valence-corrected chi connectivity index (χ2v) is 6.49. The molecule has 0 aliphatic carbocycles. The van der Waals surface area contributed by atoms with Gasteiger partial charge in [-0.15, -0.1) is 0 Å². The van der Waals surface area contributed by atoms with Gasteiger partial charge in [0.25, 0.3) is 5.91 Å². The van der Waals surface area contributed by atoms with Crippen LogP contribution in [0.15, 0.2) is 67.4 Å². The Morgan fingerprint density at radius 1 is 1.15 bits per heavy atom. The van der Waals surface area contributed by atoms with Crippen LogP contribution in [0.4, 0.5) is 0 Å². The monoisotopic (exact) mass is 359 g/mol. The first kappa shape index (κ1) is 17.0. The van der Waals surface area contributed by atoms with E-state index in [4.69, 9.17) is 4.98 Å². The summed E-state index contributed by atoms with van der Waals surface area (Å²) in [4.78, 5) is 23.2. The molecule has 6 heteroatoms. The summed E-state index contributed by atoms with van der Waals surface area (Å²) < 4.78 is 4.07. The van der Waals surface area contributed by atoms with Crippen LogP contribution in [0.25, 0.3) is 16.9 Å². The van der Waals surface area contributed by atoms with Crippen molar-refractivity contribution in [1.29, 1.82) is 0 Å². The van der Waals surface area contributed by atoms with Gasteiger partial charge in [-0.05, 0) is 36.8 Å².